The summed E-state index contributed by atoms with van der Waals surface area (Å²) in [5.74, 6) is 0.368. The number of amides is 1. The third-order valence-corrected chi connectivity index (χ3v) is 4.13. The molecule has 0 aromatic carbocycles. The molecule has 3 rings (SSSR count). The molecule has 1 aliphatic carbocycles. The van der Waals surface area contributed by atoms with Crippen molar-refractivity contribution in [1.29, 1.82) is 0 Å². The van der Waals surface area contributed by atoms with Gasteiger partial charge in [0.15, 0.2) is 5.13 Å². The lowest BCUT2D eigenvalue weighted by atomic mass is 10.3. The molecular formula is C12H10BrN3OS. The summed E-state index contributed by atoms with van der Waals surface area (Å²) in [6.45, 7) is 0. The number of halogens is 1. The lowest BCUT2D eigenvalue weighted by molar-refractivity contribution is 0.102. The number of hydrogen-bond acceptors (Lipinski definition) is 4. The van der Waals surface area contributed by atoms with Gasteiger partial charge in [-0.15, -0.1) is 11.3 Å². The predicted octanol–water partition coefficient (Wildman–Crippen LogP) is 3.43. The minimum Gasteiger partial charge on any atom is -0.296 e. The Morgan fingerprint density at radius 1 is 1.50 bits per heavy atom. The quantitative estimate of drug-likeness (QED) is 0.941. The predicted molar refractivity (Wildman–Crippen MR) is 74.0 cm³/mol. The molecule has 1 aliphatic rings. The SMILES string of the molecule is O=C(Nc1nc(C2CC2)cs1)c1ncccc1Br. The molecule has 0 radical (unpaired) electrons. The fourth-order valence-electron chi connectivity index (χ4n) is 1.62. The summed E-state index contributed by atoms with van der Waals surface area (Å²) in [7, 11) is 0. The Bertz CT molecular complexity index is 595. The smallest absolute Gasteiger partial charge is 0.277 e. The van der Waals surface area contributed by atoms with Gasteiger partial charge in [-0.1, -0.05) is 0 Å². The third kappa shape index (κ3) is 2.44. The summed E-state index contributed by atoms with van der Waals surface area (Å²) in [5, 5.41) is 5.43. The molecule has 0 atom stereocenters. The molecule has 2 heterocycles. The zero-order valence-corrected chi connectivity index (χ0v) is 11.8. The van der Waals surface area contributed by atoms with E-state index in [2.05, 4.69) is 31.2 Å². The molecule has 18 heavy (non-hydrogen) atoms. The third-order valence-electron chi connectivity index (χ3n) is 2.71. The average Bonchev–Trinajstić information content (AvgIpc) is 3.11. The van der Waals surface area contributed by atoms with Crippen molar-refractivity contribution in [3.63, 3.8) is 0 Å². The highest BCUT2D eigenvalue weighted by Gasteiger charge is 2.26. The van der Waals surface area contributed by atoms with Gasteiger partial charge in [0.25, 0.3) is 5.91 Å². The molecule has 0 aliphatic heterocycles. The van der Waals surface area contributed by atoms with Crippen LogP contribution in [0.3, 0.4) is 0 Å². The van der Waals surface area contributed by atoms with Gasteiger partial charge in [0, 0.05) is 22.0 Å². The normalized spacial score (nSPS) is 14.5. The zero-order chi connectivity index (χ0) is 12.5. The Morgan fingerprint density at radius 2 is 2.33 bits per heavy atom. The monoisotopic (exact) mass is 323 g/mol. The second-order valence-electron chi connectivity index (χ2n) is 4.14. The minimum absolute atomic E-state index is 0.237. The first-order valence-electron chi connectivity index (χ1n) is 5.61. The van der Waals surface area contributed by atoms with Crippen LogP contribution in [0.5, 0.6) is 0 Å². The van der Waals surface area contributed by atoms with E-state index >= 15 is 0 Å². The van der Waals surface area contributed by atoms with E-state index in [9.17, 15) is 4.79 Å². The van der Waals surface area contributed by atoms with Crippen molar-refractivity contribution in [1.82, 2.24) is 9.97 Å². The molecule has 2 aromatic rings. The number of thiazole rings is 1. The summed E-state index contributed by atoms with van der Waals surface area (Å²) < 4.78 is 0.682. The Hall–Kier alpha value is -1.27. The number of carbonyl (C=O) groups excluding carboxylic acids is 1. The maximum absolute atomic E-state index is 12.0. The molecule has 1 saturated carbocycles. The molecule has 92 valence electrons. The van der Waals surface area contributed by atoms with Gasteiger partial charge in [-0.05, 0) is 40.9 Å². The first kappa shape index (κ1) is 11.8. The van der Waals surface area contributed by atoms with E-state index in [1.165, 1.54) is 24.2 Å². The van der Waals surface area contributed by atoms with Gasteiger partial charge in [0.05, 0.1) is 5.69 Å². The first-order valence-corrected chi connectivity index (χ1v) is 7.28. The van der Waals surface area contributed by atoms with Crippen LogP contribution in [0.1, 0.15) is 34.9 Å². The maximum atomic E-state index is 12.0. The zero-order valence-electron chi connectivity index (χ0n) is 9.39. The number of anilines is 1. The molecule has 0 bridgehead atoms. The second-order valence-corrected chi connectivity index (χ2v) is 5.85. The van der Waals surface area contributed by atoms with Crippen LogP contribution in [0.15, 0.2) is 28.2 Å². The van der Waals surface area contributed by atoms with Crippen LogP contribution in [0.25, 0.3) is 0 Å². The largest absolute Gasteiger partial charge is 0.296 e. The highest BCUT2D eigenvalue weighted by molar-refractivity contribution is 9.10. The lowest BCUT2D eigenvalue weighted by Gasteiger charge is -2.02. The number of rotatable bonds is 3. The summed E-state index contributed by atoms with van der Waals surface area (Å²) in [6, 6.07) is 3.56. The molecule has 2 aromatic heterocycles. The molecule has 0 spiro atoms. The first-order chi connectivity index (χ1) is 8.74. The molecule has 1 amide bonds. The van der Waals surface area contributed by atoms with Crippen molar-refractivity contribution in [3.8, 4) is 0 Å². The van der Waals surface area contributed by atoms with Crippen LogP contribution >= 0.6 is 27.3 Å². The van der Waals surface area contributed by atoms with Crippen molar-refractivity contribution >= 4 is 38.3 Å². The van der Waals surface area contributed by atoms with Crippen molar-refractivity contribution < 1.29 is 4.79 Å². The molecule has 0 unspecified atom stereocenters. The minimum atomic E-state index is -0.237. The van der Waals surface area contributed by atoms with Gasteiger partial charge in [0.1, 0.15) is 5.69 Å². The highest BCUT2D eigenvalue weighted by atomic mass is 79.9. The highest BCUT2D eigenvalue weighted by Crippen LogP contribution is 2.40. The van der Waals surface area contributed by atoms with Gasteiger partial charge in [-0.2, -0.15) is 0 Å². The average molecular weight is 324 g/mol. The van der Waals surface area contributed by atoms with Gasteiger partial charge < -0.3 is 0 Å². The molecular weight excluding hydrogens is 314 g/mol. The summed E-state index contributed by atoms with van der Waals surface area (Å²) >= 11 is 4.77. The lowest BCUT2D eigenvalue weighted by Crippen LogP contribution is -2.14. The van der Waals surface area contributed by atoms with Gasteiger partial charge in [0.2, 0.25) is 0 Å². The number of aromatic nitrogens is 2. The van der Waals surface area contributed by atoms with Crippen LogP contribution in [0.2, 0.25) is 0 Å². The summed E-state index contributed by atoms with van der Waals surface area (Å²) in [4.78, 5) is 20.5. The Morgan fingerprint density at radius 3 is 3.06 bits per heavy atom. The Balaban J connectivity index is 1.75. The van der Waals surface area contributed by atoms with Crippen LogP contribution in [0.4, 0.5) is 5.13 Å². The van der Waals surface area contributed by atoms with Gasteiger partial charge >= 0.3 is 0 Å². The van der Waals surface area contributed by atoms with E-state index in [0.29, 0.717) is 21.2 Å². The van der Waals surface area contributed by atoms with Crippen molar-refractivity contribution in [2.75, 3.05) is 5.32 Å². The molecule has 6 heteroatoms. The number of hydrogen-bond donors (Lipinski definition) is 1. The molecule has 4 nitrogen and oxygen atoms in total. The topological polar surface area (TPSA) is 54.9 Å². The second kappa shape index (κ2) is 4.78. The Labute approximate surface area is 117 Å². The maximum Gasteiger partial charge on any atom is 0.277 e. The Kier molecular flexibility index (Phi) is 3.13. The van der Waals surface area contributed by atoms with E-state index in [0.717, 1.165) is 5.69 Å². The van der Waals surface area contributed by atoms with Crippen LogP contribution < -0.4 is 5.32 Å². The van der Waals surface area contributed by atoms with Crippen LogP contribution in [0, 0.1) is 0 Å². The van der Waals surface area contributed by atoms with Crippen LogP contribution in [-0.4, -0.2) is 15.9 Å². The fourth-order valence-corrected chi connectivity index (χ4v) is 2.84. The van der Waals surface area contributed by atoms with E-state index in [1.54, 1.807) is 18.3 Å². The summed E-state index contributed by atoms with van der Waals surface area (Å²) in [6.07, 6.45) is 4.02. The van der Waals surface area contributed by atoms with E-state index < -0.39 is 0 Å². The number of carbonyl (C=O) groups is 1. The van der Waals surface area contributed by atoms with Gasteiger partial charge in [-0.3, -0.25) is 10.1 Å². The number of nitrogens with zero attached hydrogens (tertiary/aromatic N) is 2. The standard InChI is InChI=1S/C12H10BrN3OS/c13-8-2-1-5-14-10(8)11(17)16-12-15-9(6-18-12)7-3-4-7/h1-2,5-7H,3-4H2,(H,15,16,17). The van der Waals surface area contributed by atoms with Crippen LogP contribution in [-0.2, 0) is 0 Å². The fraction of sp³-hybridized carbons (Fsp3) is 0.250. The molecule has 1 fully saturated rings. The van der Waals surface area contributed by atoms with Gasteiger partial charge in [-0.25, -0.2) is 9.97 Å². The van der Waals surface area contributed by atoms with E-state index in [1.807, 2.05) is 5.38 Å². The number of pyridine rings is 1. The summed E-state index contributed by atoms with van der Waals surface area (Å²) in [5.41, 5.74) is 1.47. The van der Waals surface area contributed by atoms with E-state index in [4.69, 9.17) is 0 Å². The van der Waals surface area contributed by atoms with E-state index in [-0.39, 0.29) is 5.91 Å². The number of nitrogens with one attached hydrogen (secondary N) is 1. The van der Waals surface area contributed by atoms with Crippen molar-refractivity contribution in [2.24, 2.45) is 0 Å². The van der Waals surface area contributed by atoms with Crippen molar-refractivity contribution in [3.05, 3.63) is 39.6 Å². The van der Waals surface area contributed by atoms with Crippen molar-refractivity contribution in [2.45, 2.75) is 18.8 Å². The molecule has 0 saturated heterocycles. The molecule has 1 N–H and O–H groups in total.